The van der Waals surface area contributed by atoms with Gasteiger partial charge in [-0.05, 0) is 25.0 Å². The van der Waals surface area contributed by atoms with E-state index in [0.717, 1.165) is 25.7 Å². The van der Waals surface area contributed by atoms with E-state index >= 15 is 0 Å². The second-order valence-electron chi connectivity index (χ2n) is 5.18. The molecule has 5 heteroatoms. The summed E-state index contributed by atoms with van der Waals surface area (Å²) in [4.78, 5) is 12.6. The van der Waals surface area contributed by atoms with E-state index in [1.54, 1.807) is 32.4 Å². The predicted molar refractivity (Wildman–Crippen MR) is 77.3 cm³/mol. The highest BCUT2D eigenvalue weighted by molar-refractivity contribution is 6.00. The molecule has 1 saturated carbocycles. The third-order valence-corrected chi connectivity index (χ3v) is 3.98. The van der Waals surface area contributed by atoms with Crippen LogP contribution in [0.3, 0.4) is 0 Å². The smallest absolute Gasteiger partial charge is 0.259 e. The van der Waals surface area contributed by atoms with Gasteiger partial charge in [-0.15, -0.1) is 0 Å². The highest BCUT2D eigenvalue weighted by Crippen LogP contribution is 2.32. The van der Waals surface area contributed by atoms with Crippen molar-refractivity contribution >= 4 is 5.91 Å². The minimum Gasteiger partial charge on any atom is -0.496 e. The van der Waals surface area contributed by atoms with Crippen LogP contribution < -0.4 is 20.5 Å². The predicted octanol–water partition coefficient (Wildman–Crippen LogP) is 1.71. The normalized spacial score (nSPS) is 16.8. The largest absolute Gasteiger partial charge is 0.496 e. The van der Waals surface area contributed by atoms with Gasteiger partial charge in [-0.2, -0.15) is 0 Å². The van der Waals surface area contributed by atoms with Crippen molar-refractivity contribution in [3.05, 3.63) is 23.8 Å². The van der Waals surface area contributed by atoms with Gasteiger partial charge in [0.2, 0.25) is 0 Å². The zero-order valence-corrected chi connectivity index (χ0v) is 12.1. The number of ether oxygens (including phenoxy) is 2. The number of benzene rings is 1. The maximum atomic E-state index is 12.6. The van der Waals surface area contributed by atoms with Crippen LogP contribution in [0.1, 0.15) is 36.0 Å². The lowest BCUT2D eigenvalue weighted by Crippen LogP contribution is -2.51. The average Bonchev–Trinajstić information content (AvgIpc) is 2.95. The van der Waals surface area contributed by atoms with Crippen LogP contribution in [0.2, 0.25) is 0 Å². The van der Waals surface area contributed by atoms with Gasteiger partial charge >= 0.3 is 0 Å². The lowest BCUT2D eigenvalue weighted by atomic mass is 9.97. The van der Waals surface area contributed by atoms with E-state index in [1.165, 1.54) is 0 Å². The van der Waals surface area contributed by atoms with E-state index in [1.807, 2.05) is 0 Å². The summed E-state index contributed by atoms with van der Waals surface area (Å²) in [6, 6.07) is 5.30. The molecule has 0 heterocycles. The van der Waals surface area contributed by atoms with Crippen LogP contribution in [-0.2, 0) is 0 Å². The van der Waals surface area contributed by atoms with Crippen molar-refractivity contribution in [1.82, 2.24) is 5.32 Å². The molecule has 1 aromatic carbocycles. The Balaban J connectivity index is 2.28. The molecule has 1 amide bonds. The maximum Gasteiger partial charge on any atom is 0.259 e. The number of amides is 1. The molecule has 110 valence electrons. The van der Waals surface area contributed by atoms with Gasteiger partial charge in [-0.25, -0.2) is 0 Å². The Bertz CT molecular complexity index is 460. The number of carbonyl (C=O) groups is 1. The molecule has 5 nitrogen and oxygen atoms in total. The molecule has 1 aromatic rings. The first kappa shape index (κ1) is 14.7. The van der Waals surface area contributed by atoms with Crippen molar-refractivity contribution in [2.75, 3.05) is 20.8 Å². The highest BCUT2D eigenvalue weighted by atomic mass is 16.5. The first-order valence-corrected chi connectivity index (χ1v) is 6.89. The lowest BCUT2D eigenvalue weighted by Gasteiger charge is -2.29. The van der Waals surface area contributed by atoms with Crippen LogP contribution in [-0.4, -0.2) is 32.2 Å². The standard InChI is InChI=1S/C15H22N2O3/c1-19-11-6-5-7-12(20-2)13(11)14(18)17-15(10-16)8-3-4-9-15/h5-7H,3-4,8-10,16H2,1-2H3,(H,17,18). The van der Waals surface area contributed by atoms with Gasteiger partial charge in [0.05, 0.1) is 19.8 Å². The molecule has 0 atom stereocenters. The topological polar surface area (TPSA) is 73.6 Å². The molecule has 1 aliphatic carbocycles. The van der Waals surface area contributed by atoms with Crippen LogP contribution >= 0.6 is 0 Å². The van der Waals surface area contributed by atoms with Crippen molar-refractivity contribution in [2.45, 2.75) is 31.2 Å². The first-order chi connectivity index (χ1) is 9.65. The quantitative estimate of drug-likeness (QED) is 0.860. The molecule has 2 rings (SSSR count). The Kier molecular flexibility index (Phi) is 4.49. The molecule has 20 heavy (non-hydrogen) atoms. The molecule has 1 aliphatic rings. The van der Waals surface area contributed by atoms with Crippen molar-refractivity contribution < 1.29 is 14.3 Å². The molecule has 0 saturated heterocycles. The SMILES string of the molecule is COc1cccc(OC)c1C(=O)NC1(CN)CCCC1. The summed E-state index contributed by atoms with van der Waals surface area (Å²) in [5.41, 5.74) is 6.00. The number of rotatable bonds is 5. The Labute approximate surface area is 119 Å². The number of carbonyl (C=O) groups excluding carboxylic acids is 1. The summed E-state index contributed by atoms with van der Waals surface area (Å²) >= 11 is 0. The number of hydrogen-bond donors (Lipinski definition) is 2. The van der Waals surface area contributed by atoms with Gasteiger partial charge in [-0.1, -0.05) is 18.9 Å². The Morgan fingerprint density at radius 2 is 1.80 bits per heavy atom. The molecule has 0 radical (unpaired) electrons. The van der Waals surface area contributed by atoms with Crippen molar-refractivity contribution in [2.24, 2.45) is 5.73 Å². The third-order valence-electron chi connectivity index (χ3n) is 3.98. The number of nitrogens with one attached hydrogen (secondary N) is 1. The maximum absolute atomic E-state index is 12.6. The van der Waals surface area contributed by atoms with Crippen LogP contribution in [0.15, 0.2) is 18.2 Å². The molecule has 0 unspecified atom stereocenters. The summed E-state index contributed by atoms with van der Waals surface area (Å²) in [5.74, 6) is 0.825. The number of methoxy groups -OCH3 is 2. The minimum atomic E-state index is -0.289. The van der Waals surface area contributed by atoms with E-state index in [-0.39, 0.29) is 11.4 Å². The van der Waals surface area contributed by atoms with Gasteiger partial charge < -0.3 is 20.5 Å². The molecule has 0 bridgehead atoms. The Hall–Kier alpha value is -1.75. The Morgan fingerprint density at radius 3 is 2.25 bits per heavy atom. The van der Waals surface area contributed by atoms with Crippen molar-refractivity contribution in [1.29, 1.82) is 0 Å². The third kappa shape index (κ3) is 2.72. The molecular formula is C15H22N2O3. The fourth-order valence-corrected chi connectivity index (χ4v) is 2.81. The van der Waals surface area contributed by atoms with Gasteiger partial charge in [0, 0.05) is 6.54 Å². The van der Waals surface area contributed by atoms with Crippen LogP contribution in [0.4, 0.5) is 0 Å². The fraction of sp³-hybridized carbons (Fsp3) is 0.533. The van der Waals surface area contributed by atoms with Crippen LogP contribution in [0.5, 0.6) is 11.5 Å². The van der Waals surface area contributed by atoms with E-state index in [2.05, 4.69) is 5.32 Å². The summed E-state index contributed by atoms with van der Waals surface area (Å²) in [6.07, 6.45) is 4.04. The van der Waals surface area contributed by atoms with Gasteiger partial charge in [0.25, 0.3) is 5.91 Å². The zero-order chi connectivity index (χ0) is 14.6. The minimum absolute atomic E-state index is 0.188. The molecule has 0 aliphatic heterocycles. The first-order valence-electron chi connectivity index (χ1n) is 6.89. The number of hydrogen-bond acceptors (Lipinski definition) is 4. The molecule has 0 aromatic heterocycles. The monoisotopic (exact) mass is 278 g/mol. The second-order valence-corrected chi connectivity index (χ2v) is 5.18. The highest BCUT2D eigenvalue weighted by Gasteiger charge is 2.35. The van der Waals surface area contributed by atoms with Crippen LogP contribution in [0.25, 0.3) is 0 Å². The fourth-order valence-electron chi connectivity index (χ4n) is 2.81. The van der Waals surface area contributed by atoms with Crippen molar-refractivity contribution in [3.63, 3.8) is 0 Å². The van der Waals surface area contributed by atoms with Gasteiger partial charge in [0.1, 0.15) is 17.1 Å². The van der Waals surface area contributed by atoms with E-state index in [4.69, 9.17) is 15.2 Å². The van der Waals surface area contributed by atoms with Gasteiger partial charge in [0.15, 0.2) is 0 Å². The van der Waals surface area contributed by atoms with E-state index in [0.29, 0.717) is 23.6 Å². The molecule has 0 spiro atoms. The number of nitrogens with two attached hydrogens (primary N) is 1. The summed E-state index contributed by atoms with van der Waals surface area (Å²) in [6.45, 7) is 0.455. The molecule has 1 fully saturated rings. The summed E-state index contributed by atoms with van der Waals surface area (Å²) in [5, 5.41) is 3.08. The van der Waals surface area contributed by atoms with Gasteiger partial charge in [-0.3, -0.25) is 4.79 Å². The van der Waals surface area contributed by atoms with E-state index in [9.17, 15) is 4.79 Å². The molecule has 3 N–H and O–H groups in total. The summed E-state index contributed by atoms with van der Waals surface area (Å²) in [7, 11) is 3.08. The average molecular weight is 278 g/mol. The Morgan fingerprint density at radius 1 is 1.25 bits per heavy atom. The van der Waals surface area contributed by atoms with Crippen molar-refractivity contribution in [3.8, 4) is 11.5 Å². The van der Waals surface area contributed by atoms with E-state index < -0.39 is 0 Å². The summed E-state index contributed by atoms with van der Waals surface area (Å²) < 4.78 is 10.5. The molecular weight excluding hydrogens is 256 g/mol. The zero-order valence-electron chi connectivity index (χ0n) is 12.1. The van der Waals surface area contributed by atoms with Crippen LogP contribution in [0, 0.1) is 0 Å². The second kappa shape index (κ2) is 6.13. The lowest BCUT2D eigenvalue weighted by molar-refractivity contribution is 0.0896.